The molecule has 0 aliphatic carbocycles. The van der Waals surface area contributed by atoms with Crippen molar-refractivity contribution in [1.82, 2.24) is 19.6 Å². The number of hydrogen-bond donors (Lipinski definition) is 1. The number of nitrogens with zero attached hydrogens (tertiary/aromatic N) is 4. The van der Waals surface area contributed by atoms with Gasteiger partial charge in [-0.1, -0.05) is 19.8 Å². The van der Waals surface area contributed by atoms with Crippen LogP contribution in [0.3, 0.4) is 0 Å². The lowest BCUT2D eigenvalue weighted by molar-refractivity contribution is 0.739. The van der Waals surface area contributed by atoms with Gasteiger partial charge in [-0.3, -0.25) is 0 Å². The zero-order valence-electron chi connectivity index (χ0n) is 8.85. The first-order valence-electron chi connectivity index (χ1n) is 5.30. The summed E-state index contributed by atoms with van der Waals surface area (Å²) in [6.45, 7) is 3.16. The summed E-state index contributed by atoms with van der Waals surface area (Å²) in [5, 5.41) is 7.43. The minimum atomic E-state index is 0.635. The maximum atomic E-state index is 4.10. The smallest absolute Gasteiger partial charge is 0.254 e. The lowest BCUT2D eigenvalue weighted by atomic mass is 10.2. The largest absolute Gasteiger partial charge is 0.370 e. The third kappa shape index (κ3) is 2.23. The second kappa shape index (κ2) is 4.72. The third-order valence-electron chi connectivity index (χ3n) is 2.27. The Morgan fingerprint density at radius 3 is 3.13 bits per heavy atom. The van der Waals surface area contributed by atoms with Gasteiger partial charge in [0.2, 0.25) is 0 Å². The molecule has 0 aliphatic heterocycles. The van der Waals surface area contributed by atoms with Gasteiger partial charge in [0.25, 0.3) is 5.78 Å². The van der Waals surface area contributed by atoms with Gasteiger partial charge < -0.3 is 5.32 Å². The Morgan fingerprint density at radius 2 is 2.27 bits per heavy atom. The van der Waals surface area contributed by atoms with Crippen LogP contribution in [0.15, 0.2) is 18.6 Å². The number of rotatable bonds is 5. The highest BCUT2D eigenvalue weighted by atomic mass is 15.3. The number of unbranched alkanes of at least 4 members (excludes halogenated alkanes) is 2. The molecule has 0 fully saturated rings. The summed E-state index contributed by atoms with van der Waals surface area (Å²) in [6, 6.07) is 1.91. The average molecular weight is 205 g/mol. The molecule has 1 N–H and O–H groups in total. The van der Waals surface area contributed by atoms with Crippen molar-refractivity contribution in [1.29, 1.82) is 0 Å². The van der Waals surface area contributed by atoms with E-state index in [2.05, 4.69) is 27.3 Å². The summed E-state index contributed by atoms with van der Waals surface area (Å²) in [5.74, 6) is 1.59. The van der Waals surface area contributed by atoms with E-state index in [1.807, 2.05) is 6.07 Å². The van der Waals surface area contributed by atoms with Crippen LogP contribution in [0.2, 0.25) is 0 Å². The van der Waals surface area contributed by atoms with Crippen LogP contribution in [0.4, 0.5) is 5.82 Å². The predicted molar refractivity (Wildman–Crippen MR) is 58.8 cm³/mol. The molecule has 5 heteroatoms. The third-order valence-corrected chi connectivity index (χ3v) is 2.27. The van der Waals surface area contributed by atoms with Gasteiger partial charge in [-0.2, -0.15) is 14.6 Å². The Kier molecular flexibility index (Phi) is 3.11. The molecular formula is C10H15N5. The van der Waals surface area contributed by atoms with Gasteiger partial charge >= 0.3 is 0 Å². The quantitative estimate of drug-likeness (QED) is 0.755. The molecule has 2 rings (SSSR count). The van der Waals surface area contributed by atoms with Crippen molar-refractivity contribution in [2.45, 2.75) is 26.2 Å². The molecule has 2 heterocycles. The van der Waals surface area contributed by atoms with Crippen molar-refractivity contribution in [3.63, 3.8) is 0 Å². The van der Waals surface area contributed by atoms with Gasteiger partial charge in [0.15, 0.2) is 0 Å². The first-order valence-corrected chi connectivity index (χ1v) is 5.30. The summed E-state index contributed by atoms with van der Waals surface area (Å²) in [5.41, 5.74) is 0. The van der Waals surface area contributed by atoms with E-state index in [0.717, 1.165) is 12.4 Å². The molecular weight excluding hydrogens is 190 g/mol. The van der Waals surface area contributed by atoms with E-state index in [4.69, 9.17) is 0 Å². The minimum absolute atomic E-state index is 0.635. The molecule has 0 aliphatic rings. The Hall–Kier alpha value is -1.65. The SMILES string of the molecule is CCCCCNc1ccnc2ncnn12. The Bertz CT molecular complexity index is 422. The van der Waals surface area contributed by atoms with E-state index in [1.54, 1.807) is 10.7 Å². The van der Waals surface area contributed by atoms with Crippen molar-refractivity contribution in [2.24, 2.45) is 0 Å². The maximum absolute atomic E-state index is 4.10. The van der Waals surface area contributed by atoms with E-state index < -0.39 is 0 Å². The average Bonchev–Trinajstić information content (AvgIpc) is 2.73. The second-order valence-electron chi connectivity index (χ2n) is 3.44. The van der Waals surface area contributed by atoms with Crippen LogP contribution in [0.5, 0.6) is 0 Å². The highest BCUT2D eigenvalue weighted by Crippen LogP contribution is 2.06. The molecule has 2 aromatic heterocycles. The lowest BCUT2D eigenvalue weighted by Gasteiger charge is -2.06. The summed E-state index contributed by atoms with van der Waals surface area (Å²) >= 11 is 0. The van der Waals surface area contributed by atoms with Gasteiger partial charge in [-0.15, -0.1) is 0 Å². The molecule has 0 aromatic carbocycles. The molecule has 0 unspecified atom stereocenters. The highest BCUT2D eigenvalue weighted by Gasteiger charge is 2.00. The fraction of sp³-hybridized carbons (Fsp3) is 0.500. The van der Waals surface area contributed by atoms with E-state index in [0.29, 0.717) is 5.78 Å². The number of hydrogen-bond acceptors (Lipinski definition) is 4. The van der Waals surface area contributed by atoms with Crippen molar-refractivity contribution < 1.29 is 0 Å². The maximum Gasteiger partial charge on any atom is 0.254 e. The molecule has 2 aromatic rings. The van der Waals surface area contributed by atoms with Crippen LogP contribution in [0.1, 0.15) is 26.2 Å². The summed E-state index contributed by atoms with van der Waals surface area (Å²) in [4.78, 5) is 8.12. The van der Waals surface area contributed by atoms with Gasteiger partial charge in [-0.25, -0.2) is 4.98 Å². The van der Waals surface area contributed by atoms with Crippen LogP contribution < -0.4 is 5.32 Å². The first kappa shape index (κ1) is 9.89. The van der Waals surface area contributed by atoms with Gasteiger partial charge in [0.05, 0.1) is 0 Å². The van der Waals surface area contributed by atoms with Crippen molar-refractivity contribution in [3.05, 3.63) is 18.6 Å². The number of nitrogens with one attached hydrogen (secondary N) is 1. The fourth-order valence-corrected chi connectivity index (χ4v) is 1.46. The van der Waals surface area contributed by atoms with E-state index in [1.165, 1.54) is 25.6 Å². The first-order chi connectivity index (χ1) is 7.42. The predicted octanol–water partition coefficient (Wildman–Crippen LogP) is 1.73. The van der Waals surface area contributed by atoms with Crippen LogP contribution in [-0.4, -0.2) is 26.1 Å². The van der Waals surface area contributed by atoms with Gasteiger partial charge in [0, 0.05) is 12.7 Å². The van der Waals surface area contributed by atoms with E-state index >= 15 is 0 Å². The zero-order valence-corrected chi connectivity index (χ0v) is 8.85. The molecule has 15 heavy (non-hydrogen) atoms. The normalized spacial score (nSPS) is 10.7. The number of anilines is 1. The molecule has 0 saturated heterocycles. The Morgan fingerprint density at radius 1 is 1.33 bits per heavy atom. The molecule has 0 amide bonds. The lowest BCUT2D eigenvalue weighted by Crippen LogP contribution is -2.07. The second-order valence-corrected chi connectivity index (χ2v) is 3.44. The van der Waals surface area contributed by atoms with Crippen LogP contribution >= 0.6 is 0 Å². The molecule has 80 valence electrons. The van der Waals surface area contributed by atoms with Crippen molar-refractivity contribution in [3.8, 4) is 0 Å². The van der Waals surface area contributed by atoms with E-state index in [9.17, 15) is 0 Å². The standard InChI is InChI=1S/C10H15N5/c1-2-3-4-6-11-9-5-7-12-10-13-8-14-15(9)10/h5,7-8,11H,2-4,6H2,1H3. The van der Waals surface area contributed by atoms with Crippen molar-refractivity contribution in [2.75, 3.05) is 11.9 Å². The van der Waals surface area contributed by atoms with E-state index in [-0.39, 0.29) is 0 Å². The molecule has 0 spiro atoms. The highest BCUT2D eigenvalue weighted by molar-refractivity contribution is 5.41. The van der Waals surface area contributed by atoms with Gasteiger partial charge in [-0.05, 0) is 12.5 Å². The topological polar surface area (TPSA) is 55.1 Å². The minimum Gasteiger partial charge on any atom is -0.370 e. The Labute approximate surface area is 88.6 Å². The summed E-state index contributed by atoms with van der Waals surface area (Å²) < 4.78 is 1.71. The Balaban J connectivity index is 2.04. The molecule has 0 atom stereocenters. The molecule has 0 bridgehead atoms. The van der Waals surface area contributed by atoms with Crippen LogP contribution in [0, 0.1) is 0 Å². The monoisotopic (exact) mass is 205 g/mol. The van der Waals surface area contributed by atoms with Crippen LogP contribution in [-0.2, 0) is 0 Å². The summed E-state index contributed by atoms with van der Waals surface area (Å²) in [7, 11) is 0. The fourth-order valence-electron chi connectivity index (χ4n) is 1.46. The van der Waals surface area contributed by atoms with Gasteiger partial charge in [0.1, 0.15) is 12.1 Å². The molecule has 0 radical (unpaired) electrons. The number of fused-ring (bicyclic) bond motifs is 1. The molecule has 0 saturated carbocycles. The zero-order chi connectivity index (χ0) is 10.5. The summed E-state index contributed by atoms with van der Waals surface area (Å²) in [6.07, 6.45) is 6.91. The number of aromatic nitrogens is 4. The molecule has 5 nitrogen and oxygen atoms in total. The van der Waals surface area contributed by atoms with Crippen molar-refractivity contribution >= 4 is 11.6 Å². The van der Waals surface area contributed by atoms with Crippen LogP contribution in [0.25, 0.3) is 5.78 Å².